The van der Waals surface area contributed by atoms with E-state index >= 15 is 0 Å². The van der Waals surface area contributed by atoms with Crippen LogP contribution in [0, 0.1) is 17.8 Å². The minimum absolute atomic E-state index is 0.119. The molecule has 21 heavy (non-hydrogen) atoms. The maximum atomic E-state index is 12.5. The van der Waals surface area contributed by atoms with Crippen LogP contribution in [0.5, 0.6) is 0 Å². The third-order valence-corrected chi connectivity index (χ3v) is 5.03. The smallest absolute Gasteiger partial charge is 0.308 e. The second-order valence-corrected chi connectivity index (χ2v) is 6.64. The van der Waals surface area contributed by atoms with E-state index in [0.29, 0.717) is 30.6 Å². The van der Waals surface area contributed by atoms with Crippen molar-refractivity contribution in [1.82, 2.24) is 15.1 Å². The Morgan fingerprint density at radius 2 is 2.00 bits per heavy atom. The van der Waals surface area contributed by atoms with Gasteiger partial charge in [0.15, 0.2) is 0 Å². The van der Waals surface area contributed by atoms with Crippen molar-refractivity contribution < 1.29 is 14.7 Å². The van der Waals surface area contributed by atoms with Crippen LogP contribution < -0.4 is 0 Å². The molecule has 2 aliphatic carbocycles. The Morgan fingerprint density at radius 3 is 2.62 bits per heavy atom. The molecular weight excluding hydrogens is 270 g/mol. The third kappa shape index (κ3) is 2.32. The Balaban J connectivity index is 1.49. The fourth-order valence-corrected chi connectivity index (χ4v) is 3.47. The highest BCUT2D eigenvalue weighted by Crippen LogP contribution is 2.44. The Morgan fingerprint density at radius 1 is 1.24 bits per heavy atom. The number of aliphatic carboxylic acids is 1. The minimum atomic E-state index is -0.775. The fraction of sp³-hybridized carbons (Fsp3) is 0.667. The number of rotatable bonds is 4. The number of likely N-dealkylation sites (tertiary alicyclic amines) is 1. The first-order chi connectivity index (χ1) is 10.1. The van der Waals surface area contributed by atoms with Gasteiger partial charge in [0.25, 0.3) is 5.91 Å². The molecule has 0 unspecified atom stereocenters. The lowest BCUT2D eigenvalue weighted by Crippen LogP contribution is -2.30. The van der Waals surface area contributed by atoms with Crippen molar-refractivity contribution in [3.8, 4) is 0 Å². The molecule has 0 bridgehead atoms. The van der Waals surface area contributed by atoms with E-state index in [0.717, 1.165) is 31.4 Å². The lowest BCUT2D eigenvalue weighted by atomic mass is 9.92. The first kappa shape index (κ1) is 12.9. The number of carbonyl (C=O) groups is 2. The summed E-state index contributed by atoms with van der Waals surface area (Å²) in [5.74, 6) is -0.180. The van der Waals surface area contributed by atoms with Gasteiger partial charge in [-0.3, -0.25) is 14.7 Å². The molecule has 4 rings (SSSR count). The highest BCUT2D eigenvalue weighted by atomic mass is 16.4. The predicted octanol–water partition coefficient (Wildman–Crippen LogP) is 1.47. The minimum Gasteiger partial charge on any atom is -0.481 e. The number of hydrogen-bond acceptors (Lipinski definition) is 3. The van der Waals surface area contributed by atoms with Gasteiger partial charge in [0.05, 0.1) is 5.92 Å². The lowest BCUT2D eigenvalue weighted by molar-refractivity contribution is -0.142. The molecule has 2 heterocycles. The van der Waals surface area contributed by atoms with Gasteiger partial charge in [-0.15, -0.1) is 0 Å². The number of carbonyl (C=O) groups excluding carboxylic acids is 1. The average Bonchev–Trinajstić information content (AvgIpc) is 3.40. The number of carboxylic acids is 1. The van der Waals surface area contributed by atoms with E-state index in [1.807, 2.05) is 6.07 Å². The zero-order valence-electron chi connectivity index (χ0n) is 11.8. The zero-order valence-corrected chi connectivity index (χ0v) is 11.8. The molecule has 6 heteroatoms. The van der Waals surface area contributed by atoms with Crippen LogP contribution in [0.2, 0.25) is 0 Å². The summed E-state index contributed by atoms with van der Waals surface area (Å²) in [5, 5.41) is 16.4. The van der Waals surface area contributed by atoms with Crippen LogP contribution in [-0.4, -0.2) is 45.2 Å². The SMILES string of the molecule is O=C(O)[C@H]1CN(C(=O)c2cc(C3CC3)[nH]n2)C[C@@H]1C1CC1. The summed E-state index contributed by atoms with van der Waals surface area (Å²) < 4.78 is 0. The highest BCUT2D eigenvalue weighted by Gasteiger charge is 2.47. The van der Waals surface area contributed by atoms with Crippen LogP contribution in [0.15, 0.2) is 6.07 Å². The van der Waals surface area contributed by atoms with Crippen LogP contribution >= 0.6 is 0 Å². The second kappa shape index (κ2) is 4.58. The molecule has 112 valence electrons. The van der Waals surface area contributed by atoms with Gasteiger partial charge in [0, 0.05) is 24.7 Å². The number of hydrogen-bond donors (Lipinski definition) is 2. The Bertz CT molecular complexity index is 589. The van der Waals surface area contributed by atoms with Gasteiger partial charge in [-0.2, -0.15) is 5.10 Å². The van der Waals surface area contributed by atoms with Crippen molar-refractivity contribution in [1.29, 1.82) is 0 Å². The van der Waals surface area contributed by atoms with Crippen LogP contribution in [0.1, 0.15) is 47.8 Å². The van der Waals surface area contributed by atoms with Gasteiger partial charge >= 0.3 is 5.97 Å². The summed E-state index contributed by atoms with van der Waals surface area (Å²) in [6, 6.07) is 1.83. The van der Waals surface area contributed by atoms with Crippen molar-refractivity contribution in [2.24, 2.45) is 17.8 Å². The van der Waals surface area contributed by atoms with Gasteiger partial charge in [-0.25, -0.2) is 0 Å². The number of carboxylic acid groups (broad SMARTS) is 1. The van der Waals surface area contributed by atoms with E-state index in [1.54, 1.807) is 4.90 Å². The molecule has 0 aromatic carbocycles. The second-order valence-electron chi connectivity index (χ2n) is 6.64. The van der Waals surface area contributed by atoms with Crippen molar-refractivity contribution >= 4 is 11.9 Å². The number of H-pyrrole nitrogens is 1. The summed E-state index contributed by atoms with van der Waals surface area (Å²) in [5.41, 5.74) is 1.46. The molecular formula is C15H19N3O3. The van der Waals surface area contributed by atoms with Crippen LogP contribution in [0.3, 0.4) is 0 Å². The van der Waals surface area contributed by atoms with Crippen LogP contribution in [-0.2, 0) is 4.79 Å². The van der Waals surface area contributed by atoms with Gasteiger partial charge < -0.3 is 10.0 Å². The third-order valence-electron chi connectivity index (χ3n) is 5.03. The zero-order chi connectivity index (χ0) is 14.6. The Hall–Kier alpha value is -1.85. The van der Waals surface area contributed by atoms with Crippen molar-refractivity contribution in [2.75, 3.05) is 13.1 Å². The molecule has 2 atom stereocenters. The van der Waals surface area contributed by atoms with E-state index in [-0.39, 0.29) is 11.8 Å². The molecule has 1 aliphatic heterocycles. The molecule has 1 saturated heterocycles. The molecule has 6 nitrogen and oxygen atoms in total. The fourth-order valence-electron chi connectivity index (χ4n) is 3.47. The maximum absolute atomic E-state index is 12.5. The molecule has 1 amide bonds. The molecule has 3 aliphatic rings. The topological polar surface area (TPSA) is 86.3 Å². The normalized spacial score (nSPS) is 28.9. The Labute approximate surface area is 122 Å². The van der Waals surface area contributed by atoms with Gasteiger partial charge in [-0.1, -0.05) is 0 Å². The lowest BCUT2D eigenvalue weighted by Gasteiger charge is -2.14. The predicted molar refractivity (Wildman–Crippen MR) is 73.8 cm³/mol. The summed E-state index contributed by atoms with van der Waals surface area (Å²) >= 11 is 0. The van der Waals surface area contributed by atoms with Gasteiger partial charge in [0.1, 0.15) is 5.69 Å². The first-order valence-corrected chi connectivity index (χ1v) is 7.71. The maximum Gasteiger partial charge on any atom is 0.308 e. The van der Waals surface area contributed by atoms with Gasteiger partial charge in [-0.05, 0) is 43.6 Å². The number of aromatic amines is 1. The molecule has 1 aromatic heterocycles. The van der Waals surface area contributed by atoms with E-state index in [9.17, 15) is 14.7 Å². The molecule has 0 radical (unpaired) electrons. The molecule has 2 N–H and O–H groups in total. The van der Waals surface area contributed by atoms with Crippen molar-refractivity contribution in [3.05, 3.63) is 17.5 Å². The molecule has 3 fully saturated rings. The van der Waals surface area contributed by atoms with Crippen LogP contribution in [0.4, 0.5) is 0 Å². The van der Waals surface area contributed by atoms with Crippen molar-refractivity contribution in [2.45, 2.75) is 31.6 Å². The van der Waals surface area contributed by atoms with Gasteiger partial charge in [0.2, 0.25) is 0 Å². The first-order valence-electron chi connectivity index (χ1n) is 7.71. The quantitative estimate of drug-likeness (QED) is 0.878. The average molecular weight is 289 g/mol. The van der Waals surface area contributed by atoms with E-state index in [1.165, 1.54) is 0 Å². The largest absolute Gasteiger partial charge is 0.481 e. The Kier molecular flexibility index (Phi) is 2.80. The summed E-state index contributed by atoms with van der Waals surface area (Å²) in [7, 11) is 0. The van der Waals surface area contributed by atoms with Crippen LogP contribution in [0.25, 0.3) is 0 Å². The number of nitrogens with one attached hydrogen (secondary N) is 1. The molecule has 2 saturated carbocycles. The van der Waals surface area contributed by atoms with E-state index in [4.69, 9.17) is 0 Å². The van der Waals surface area contributed by atoms with Crippen molar-refractivity contribution in [3.63, 3.8) is 0 Å². The summed E-state index contributed by atoms with van der Waals surface area (Å²) in [6.07, 6.45) is 4.52. The number of aromatic nitrogens is 2. The summed E-state index contributed by atoms with van der Waals surface area (Å²) in [4.78, 5) is 25.6. The van der Waals surface area contributed by atoms with E-state index < -0.39 is 11.9 Å². The standard InChI is InChI=1S/C15H19N3O3/c19-14(13-5-12(16-17-13)9-3-4-9)18-6-10(8-1-2-8)11(7-18)15(20)21/h5,8-11H,1-4,6-7H2,(H,16,17)(H,20,21)/t10-,11+/m1/s1. The molecule has 0 spiro atoms. The highest BCUT2D eigenvalue weighted by molar-refractivity contribution is 5.93. The molecule has 1 aromatic rings. The monoisotopic (exact) mass is 289 g/mol. The number of nitrogens with zero attached hydrogens (tertiary/aromatic N) is 2. The van der Waals surface area contributed by atoms with E-state index in [2.05, 4.69) is 10.2 Å². The number of amides is 1. The summed E-state index contributed by atoms with van der Waals surface area (Å²) in [6.45, 7) is 0.882.